The maximum absolute atomic E-state index is 12.7. The Morgan fingerprint density at radius 2 is 1.74 bits per heavy atom. The van der Waals surface area contributed by atoms with Gasteiger partial charge in [0.15, 0.2) is 0 Å². The number of nitrogens with zero attached hydrogens (tertiary/aromatic N) is 2. The maximum atomic E-state index is 12.7. The van der Waals surface area contributed by atoms with E-state index in [1.165, 1.54) is 0 Å². The highest BCUT2D eigenvalue weighted by Crippen LogP contribution is 2.31. The monoisotopic (exact) mass is 326 g/mol. The third-order valence-corrected chi connectivity index (χ3v) is 4.89. The average Bonchev–Trinajstić information content (AvgIpc) is 3.11. The van der Waals surface area contributed by atoms with Crippen LogP contribution in [0, 0.1) is 0 Å². The molecular formula is C15H26N4O4. The van der Waals surface area contributed by atoms with Gasteiger partial charge in [-0.1, -0.05) is 0 Å². The van der Waals surface area contributed by atoms with Crippen molar-refractivity contribution < 1.29 is 19.5 Å². The molecule has 0 aromatic carbocycles. The van der Waals surface area contributed by atoms with E-state index in [4.69, 9.17) is 0 Å². The van der Waals surface area contributed by atoms with Crippen LogP contribution in [0.5, 0.6) is 0 Å². The lowest BCUT2D eigenvalue weighted by Gasteiger charge is -2.28. The molecule has 8 heteroatoms. The molecule has 0 radical (unpaired) electrons. The van der Waals surface area contributed by atoms with E-state index in [-0.39, 0.29) is 29.8 Å². The Morgan fingerprint density at radius 3 is 2.26 bits per heavy atom. The fraction of sp³-hybridized carbons (Fsp3) is 0.800. The number of carbonyl (C=O) groups excluding carboxylic acids is 3. The zero-order chi connectivity index (χ0) is 17.1. The molecule has 2 fully saturated rings. The van der Waals surface area contributed by atoms with Crippen LogP contribution in [0.15, 0.2) is 0 Å². The molecule has 3 amide bonds. The predicted molar refractivity (Wildman–Crippen MR) is 83.4 cm³/mol. The first kappa shape index (κ1) is 17.7. The van der Waals surface area contributed by atoms with E-state index >= 15 is 0 Å². The van der Waals surface area contributed by atoms with E-state index in [0.717, 1.165) is 12.8 Å². The second-order valence-corrected chi connectivity index (χ2v) is 6.21. The van der Waals surface area contributed by atoms with Crippen LogP contribution in [0.25, 0.3) is 0 Å². The number of fused-ring (bicyclic) bond motifs is 1. The number of hydrogen-bond donors (Lipinski definition) is 3. The molecule has 4 atom stereocenters. The average molecular weight is 326 g/mol. The zero-order valence-corrected chi connectivity index (χ0v) is 13.9. The molecule has 130 valence electrons. The lowest BCUT2D eigenvalue weighted by atomic mass is 10.1. The second-order valence-electron chi connectivity index (χ2n) is 6.21. The Balaban J connectivity index is 2.02. The van der Waals surface area contributed by atoms with Crippen molar-refractivity contribution in [2.45, 2.75) is 50.9 Å². The van der Waals surface area contributed by atoms with Crippen LogP contribution in [0.4, 0.5) is 0 Å². The van der Waals surface area contributed by atoms with E-state index < -0.39 is 18.7 Å². The van der Waals surface area contributed by atoms with Gasteiger partial charge in [0.05, 0.1) is 24.7 Å². The van der Waals surface area contributed by atoms with Crippen LogP contribution in [0.3, 0.4) is 0 Å². The number of carbonyl (C=O) groups is 3. The number of hydrogen-bond acceptors (Lipinski definition) is 5. The second kappa shape index (κ2) is 7.27. The molecule has 0 saturated carbocycles. The summed E-state index contributed by atoms with van der Waals surface area (Å²) in [5, 5.41) is 14.9. The van der Waals surface area contributed by atoms with Crippen molar-refractivity contribution in [1.29, 1.82) is 0 Å². The molecule has 3 N–H and O–H groups in total. The minimum absolute atomic E-state index is 0.0147. The van der Waals surface area contributed by atoms with E-state index in [2.05, 4.69) is 10.6 Å². The lowest BCUT2D eigenvalue weighted by Crippen LogP contribution is -2.55. The summed E-state index contributed by atoms with van der Waals surface area (Å²) in [4.78, 5) is 39.7. The molecule has 0 aromatic rings. The van der Waals surface area contributed by atoms with Gasteiger partial charge in [-0.05, 0) is 26.8 Å². The first-order valence-corrected chi connectivity index (χ1v) is 8.06. The summed E-state index contributed by atoms with van der Waals surface area (Å²) in [6.07, 6.45) is 1.49. The number of likely N-dealkylation sites (tertiary alicyclic amines) is 2. The number of rotatable bonds is 5. The van der Waals surface area contributed by atoms with Crippen LogP contribution in [-0.2, 0) is 14.4 Å². The van der Waals surface area contributed by atoms with E-state index in [1.807, 2.05) is 4.90 Å². The summed E-state index contributed by atoms with van der Waals surface area (Å²) in [6.45, 7) is 3.99. The molecule has 2 aliphatic rings. The highest BCUT2D eigenvalue weighted by molar-refractivity contribution is 5.90. The normalized spacial score (nSPS) is 25.9. The van der Waals surface area contributed by atoms with Crippen LogP contribution < -0.4 is 10.6 Å². The molecular weight excluding hydrogens is 300 g/mol. The summed E-state index contributed by atoms with van der Waals surface area (Å²) in [6, 6.07) is -1.34. The number of nitrogens with one attached hydrogen (secondary N) is 2. The van der Waals surface area contributed by atoms with Gasteiger partial charge in [-0.2, -0.15) is 0 Å². The van der Waals surface area contributed by atoms with Crippen molar-refractivity contribution in [3.63, 3.8) is 0 Å². The summed E-state index contributed by atoms with van der Waals surface area (Å²) < 4.78 is 0. The fourth-order valence-electron chi connectivity index (χ4n) is 3.46. The smallest absolute Gasteiger partial charge is 0.247 e. The molecule has 2 rings (SSSR count). The topological polar surface area (TPSA) is 102 Å². The van der Waals surface area contributed by atoms with Crippen molar-refractivity contribution in [2.75, 3.05) is 26.7 Å². The van der Waals surface area contributed by atoms with Crippen molar-refractivity contribution in [3.8, 4) is 0 Å². The highest BCUT2D eigenvalue weighted by atomic mass is 16.3. The maximum Gasteiger partial charge on any atom is 0.247 e. The molecule has 2 heterocycles. The van der Waals surface area contributed by atoms with Gasteiger partial charge in [-0.3, -0.25) is 14.4 Å². The SMILES string of the molecule is CNC(C)C(=O)NC(CO)C(=O)N1CCC2C1CCN2C(C)=O. The summed E-state index contributed by atoms with van der Waals surface area (Å²) in [5.74, 6) is -0.573. The molecule has 0 bridgehead atoms. The van der Waals surface area contributed by atoms with Gasteiger partial charge in [-0.25, -0.2) is 0 Å². The Labute approximate surface area is 136 Å². The van der Waals surface area contributed by atoms with Gasteiger partial charge < -0.3 is 25.5 Å². The molecule has 2 saturated heterocycles. The fourth-order valence-corrected chi connectivity index (χ4v) is 3.46. The molecule has 0 spiro atoms. The quantitative estimate of drug-likeness (QED) is 0.559. The van der Waals surface area contributed by atoms with Gasteiger partial charge in [0, 0.05) is 20.0 Å². The predicted octanol–water partition coefficient (Wildman–Crippen LogP) is -1.71. The molecule has 0 aliphatic carbocycles. The molecule has 8 nitrogen and oxygen atoms in total. The zero-order valence-electron chi connectivity index (χ0n) is 13.9. The summed E-state index contributed by atoms with van der Waals surface area (Å²) in [7, 11) is 1.65. The van der Waals surface area contributed by atoms with Crippen LogP contribution >= 0.6 is 0 Å². The minimum atomic E-state index is -0.941. The van der Waals surface area contributed by atoms with Crippen LogP contribution in [0.1, 0.15) is 26.7 Å². The van der Waals surface area contributed by atoms with Crippen LogP contribution in [-0.4, -0.2) is 83.5 Å². The minimum Gasteiger partial charge on any atom is -0.394 e. The first-order chi connectivity index (χ1) is 10.9. The summed E-state index contributed by atoms with van der Waals surface area (Å²) >= 11 is 0. The third-order valence-electron chi connectivity index (χ3n) is 4.89. The Hall–Kier alpha value is -1.67. The van der Waals surface area contributed by atoms with E-state index in [0.29, 0.717) is 13.1 Å². The number of amides is 3. The van der Waals surface area contributed by atoms with Gasteiger partial charge >= 0.3 is 0 Å². The third kappa shape index (κ3) is 3.48. The standard InChI is InChI=1S/C15H26N4O4/c1-9(16-3)14(22)17-11(8-20)15(23)19-7-5-12-13(19)4-6-18(12)10(2)21/h9,11-13,16,20H,4-8H2,1-3H3,(H,17,22). The van der Waals surface area contributed by atoms with Gasteiger partial charge in [0.25, 0.3) is 0 Å². The van der Waals surface area contributed by atoms with Gasteiger partial charge in [-0.15, -0.1) is 0 Å². The van der Waals surface area contributed by atoms with Gasteiger partial charge in [0.2, 0.25) is 17.7 Å². The Morgan fingerprint density at radius 1 is 1.17 bits per heavy atom. The van der Waals surface area contributed by atoms with Crippen molar-refractivity contribution in [2.24, 2.45) is 0 Å². The Kier molecular flexibility index (Phi) is 5.59. The van der Waals surface area contributed by atoms with E-state index in [1.54, 1.807) is 25.8 Å². The van der Waals surface area contributed by atoms with E-state index in [9.17, 15) is 19.5 Å². The lowest BCUT2D eigenvalue weighted by molar-refractivity contribution is -0.139. The van der Waals surface area contributed by atoms with Crippen molar-refractivity contribution >= 4 is 17.7 Å². The van der Waals surface area contributed by atoms with Gasteiger partial charge in [0.1, 0.15) is 6.04 Å². The molecule has 23 heavy (non-hydrogen) atoms. The number of aliphatic hydroxyl groups is 1. The molecule has 0 aromatic heterocycles. The first-order valence-electron chi connectivity index (χ1n) is 8.06. The Bertz CT molecular complexity index is 484. The molecule has 2 aliphatic heterocycles. The summed E-state index contributed by atoms with van der Waals surface area (Å²) in [5.41, 5.74) is 0. The highest BCUT2D eigenvalue weighted by Gasteiger charge is 2.46. The largest absolute Gasteiger partial charge is 0.394 e. The van der Waals surface area contributed by atoms with Crippen LogP contribution in [0.2, 0.25) is 0 Å². The molecule has 4 unspecified atom stereocenters. The van der Waals surface area contributed by atoms with Crippen molar-refractivity contribution in [1.82, 2.24) is 20.4 Å². The number of aliphatic hydroxyl groups excluding tert-OH is 1. The van der Waals surface area contributed by atoms with Crippen molar-refractivity contribution in [3.05, 3.63) is 0 Å². The number of likely N-dealkylation sites (N-methyl/N-ethyl adjacent to an activating group) is 1.